The summed E-state index contributed by atoms with van der Waals surface area (Å²) in [5, 5.41) is 0. The highest BCUT2D eigenvalue weighted by Crippen LogP contribution is 1.98. The van der Waals surface area contributed by atoms with Crippen LogP contribution in [0, 0.1) is 5.92 Å². The number of hydrogen-bond donors (Lipinski definition) is 0. The molecule has 0 rings (SSSR count). The van der Waals surface area contributed by atoms with Crippen LogP contribution in [0.15, 0.2) is 11.6 Å². The molecule has 0 aromatic rings. The van der Waals surface area contributed by atoms with Crippen molar-refractivity contribution in [2.45, 2.75) is 27.7 Å². The maximum absolute atomic E-state index is 10.9. The third kappa shape index (κ3) is 4.91. The minimum atomic E-state index is -0.418. The summed E-state index contributed by atoms with van der Waals surface area (Å²) < 4.78 is 0. The fraction of sp³-hybridized carbons (Fsp3) is 0.667. The number of carbonyl (C=O) groups excluding carboxylic acids is 1. The van der Waals surface area contributed by atoms with Crippen molar-refractivity contribution in [2.24, 2.45) is 5.92 Å². The quantitative estimate of drug-likeness (QED) is 0.370. The van der Waals surface area contributed by atoms with Gasteiger partial charge in [-0.3, -0.25) is 4.89 Å². The molecule has 0 fully saturated rings. The average molecular weight is 172 g/mol. The van der Waals surface area contributed by atoms with Crippen molar-refractivity contribution in [3.8, 4) is 0 Å². The van der Waals surface area contributed by atoms with Crippen LogP contribution in [0.5, 0.6) is 0 Å². The van der Waals surface area contributed by atoms with Crippen LogP contribution in [-0.2, 0) is 14.6 Å². The Morgan fingerprint density at radius 2 is 2.08 bits per heavy atom. The Balaban J connectivity index is 3.58. The van der Waals surface area contributed by atoms with Gasteiger partial charge in [0.15, 0.2) is 0 Å². The van der Waals surface area contributed by atoms with Crippen LogP contribution in [-0.4, -0.2) is 12.6 Å². The molecule has 0 radical (unpaired) electrons. The van der Waals surface area contributed by atoms with Gasteiger partial charge in [-0.2, -0.15) is 4.89 Å². The van der Waals surface area contributed by atoms with Crippen molar-refractivity contribution >= 4 is 5.97 Å². The van der Waals surface area contributed by atoms with E-state index in [-0.39, 0.29) is 0 Å². The molecule has 0 amide bonds. The van der Waals surface area contributed by atoms with Gasteiger partial charge in [0.2, 0.25) is 0 Å². The number of hydrogen-bond acceptors (Lipinski definition) is 3. The second-order valence-electron chi connectivity index (χ2n) is 3.02. The molecule has 0 atom stereocenters. The molecule has 12 heavy (non-hydrogen) atoms. The van der Waals surface area contributed by atoms with E-state index in [2.05, 4.69) is 9.78 Å². The molecule has 0 aliphatic carbocycles. The minimum absolute atomic E-state index is 0.365. The van der Waals surface area contributed by atoms with Gasteiger partial charge in [0.05, 0.1) is 6.61 Å². The van der Waals surface area contributed by atoms with Gasteiger partial charge in [0, 0.05) is 5.57 Å². The molecular weight excluding hydrogens is 156 g/mol. The molecular formula is C9H16O3. The van der Waals surface area contributed by atoms with Crippen LogP contribution in [0.1, 0.15) is 27.7 Å². The summed E-state index contributed by atoms with van der Waals surface area (Å²) >= 11 is 0. The zero-order chi connectivity index (χ0) is 9.56. The predicted octanol–water partition coefficient (Wildman–Crippen LogP) is 2.08. The van der Waals surface area contributed by atoms with E-state index in [1.165, 1.54) is 0 Å². The average Bonchev–Trinajstić information content (AvgIpc) is 2.02. The molecule has 0 aliphatic heterocycles. The Labute approximate surface area is 73.3 Å². The molecule has 3 nitrogen and oxygen atoms in total. The van der Waals surface area contributed by atoms with Gasteiger partial charge in [0.1, 0.15) is 0 Å². The molecule has 0 aromatic heterocycles. The molecule has 3 heteroatoms. The van der Waals surface area contributed by atoms with Crippen molar-refractivity contribution in [3.63, 3.8) is 0 Å². The summed E-state index contributed by atoms with van der Waals surface area (Å²) in [6.45, 7) is 7.86. The monoisotopic (exact) mass is 172 g/mol. The highest BCUT2D eigenvalue weighted by atomic mass is 17.2. The van der Waals surface area contributed by atoms with Gasteiger partial charge in [-0.05, 0) is 19.8 Å². The van der Waals surface area contributed by atoms with Crippen LogP contribution >= 0.6 is 0 Å². The Morgan fingerprint density at radius 1 is 1.50 bits per heavy atom. The van der Waals surface area contributed by atoms with Gasteiger partial charge >= 0.3 is 5.97 Å². The third-order valence-corrected chi connectivity index (χ3v) is 1.29. The fourth-order valence-corrected chi connectivity index (χ4v) is 0.407. The smallest absolute Gasteiger partial charge is 0.293 e. The second-order valence-corrected chi connectivity index (χ2v) is 3.02. The highest BCUT2D eigenvalue weighted by Gasteiger charge is 2.05. The van der Waals surface area contributed by atoms with E-state index in [9.17, 15) is 4.79 Å². The minimum Gasteiger partial charge on any atom is -0.293 e. The Bertz CT molecular complexity index is 171. The molecule has 70 valence electrons. The van der Waals surface area contributed by atoms with Crippen molar-refractivity contribution in [1.29, 1.82) is 0 Å². The van der Waals surface area contributed by atoms with E-state index in [1.807, 2.05) is 13.8 Å². The van der Waals surface area contributed by atoms with E-state index in [4.69, 9.17) is 0 Å². The van der Waals surface area contributed by atoms with E-state index >= 15 is 0 Å². The number of carbonyl (C=O) groups is 1. The van der Waals surface area contributed by atoms with E-state index in [0.29, 0.717) is 18.1 Å². The van der Waals surface area contributed by atoms with Gasteiger partial charge in [-0.1, -0.05) is 19.9 Å². The van der Waals surface area contributed by atoms with Crippen molar-refractivity contribution < 1.29 is 14.6 Å². The molecule has 0 N–H and O–H groups in total. The highest BCUT2D eigenvalue weighted by molar-refractivity contribution is 5.87. The van der Waals surface area contributed by atoms with Gasteiger partial charge in [0.25, 0.3) is 0 Å². The lowest BCUT2D eigenvalue weighted by molar-refractivity contribution is -0.272. The van der Waals surface area contributed by atoms with Crippen LogP contribution < -0.4 is 0 Å². The fourth-order valence-electron chi connectivity index (χ4n) is 0.407. The molecule has 0 saturated heterocycles. The third-order valence-electron chi connectivity index (χ3n) is 1.29. The summed E-state index contributed by atoms with van der Waals surface area (Å²) in [4.78, 5) is 20.1. The van der Waals surface area contributed by atoms with E-state index < -0.39 is 5.97 Å². The number of rotatable bonds is 4. The lowest BCUT2D eigenvalue weighted by atomic mass is 10.2. The maximum Gasteiger partial charge on any atom is 0.368 e. The second kappa shape index (κ2) is 5.77. The first-order chi connectivity index (χ1) is 5.57. The summed E-state index contributed by atoms with van der Waals surface area (Å²) in [6.07, 6.45) is 1.68. The molecule has 0 aliphatic rings. The molecule has 0 heterocycles. The molecule has 0 spiro atoms. The normalized spacial score (nSPS) is 11.9. The largest absolute Gasteiger partial charge is 0.368 e. The lowest BCUT2D eigenvalue weighted by Crippen LogP contribution is -2.09. The topological polar surface area (TPSA) is 35.5 Å². The zero-order valence-corrected chi connectivity index (χ0v) is 8.09. The number of allylic oxidation sites excluding steroid dienone is 1. The summed E-state index contributed by atoms with van der Waals surface area (Å²) in [5.41, 5.74) is 0.554. The van der Waals surface area contributed by atoms with E-state index in [1.54, 1.807) is 19.9 Å². The summed E-state index contributed by atoms with van der Waals surface area (Å²) in [7, 11) is 0. The van der Waals surface area contributed by atoms with Crippen LogP contribution in [0.4, 0.5) is 0 Å². The SMILES string of the molecule is CC=C(C)C(=O)OOCC(C)C. The standard InChI is InChI=1S/C9H16O3/c1-5-8(4)9(10)12-11-6-7(2)3/h5,7H,6H2,1-4H3. The van der Waals surface area contributed by atoms with Crippen molar-refractivity contribution in [3.05, 3.63) is 11.6 Å². The molecule has 0 unspecified atom stereocenters. The first-order valence-corrected chi connectivity index (χ1v) is 4.04. The first kappa shape index (κ1) is 11.2. The van der Waals surface area contributed by atoms with Crippen LogP contribution in [0.2, 0.25) is 0 Å². The Kier molecular flexibility index (Phi) is 5.37. The Hall–Kier alpha value is -0.830. The van der Waals surface area contributed by atoms with Crippen molar-refractivity contribution in [2.75, 3.05) is 6.61 Å². The van der Waals surface area contributed by atoms with Gasteiger partial charge < -0.3 is 0 Å². The Morgan fingerprint density at radius 3 is 2.50 bits per heavy atom. The maximum atomic E-state index is 10.9. The van der Waals surface area contributed by atoms with E-state index in [0.717, 1.165) is 0 Å². The predicted molar refractivity (Wildman–Crippen MR) is 46.3 cm³/mol. The zero-order valence-electron chi connectivity index (χ0n) is 8.09. The van der Waals surface area contributed by atoms with Crippen LogP contribution in [0.25, 0.3) is 0 Å². The molecule has 0 aromatic carbocycles. The molecule has 0 bridgehead atoms. The van der Waals surface area contributed by atoms with Gasteiger partial charge in [-0.15, -0.1) is 0 Å². The van der Waals surface area contributed by atoms with Gasteiger partial charge in [-0.25, -0.2) is 4.79 Å². The van der Waals surface area contributed by atoms with Crippen LogP contribution in [0.3, 0.4) is 0 Å². The first-order valence-electron chi connectivity index (χ1n) is 4.04. The van der Waals surface area contributed by atoms with Crippen molar-refractivity contribution in [1.82, 2.24) is 0 Å². The summed E-state index contributed by atoms with van der Waals surface area (Å²) in [5.74, 6) is -0.0538. The summed E-state index contributed by atoms with van der Waals surface area (Å²) in [6, 6.07) is 0. The lowest BCUT2D eigenvalue weighted by Gasteiger charge is -2.04. The molecule has 0 saturated carbocycles.